The molecule has 0 atom stereocenters. The van der Waals surface area contributed by atoms with Crippen molar-refractivity contribution in [2.45, 2.75) is 18.4 Å². The van der Waals surface area contributed by atoms with Crippen LogP contribution in [0.1, 0.15) is 16.8 Å². The molecule has 1 aromatic carbocycles. The van der Waals surface area contributed by atoms with E-state index < -0.39 is 0 Å². The maximum Gasteiger partial charge on any atom is 0.250 e. The summed E-state index contributed by atoms with van der Waals surface area (Å²) in [5.41, 5.74) is 3.55. The molecule has 126 valence electrons. The van der Waals surface area contributed by atoms with Gasteiger partial charge < -0.3 is 10.2 Å². The maximum atomic E-state index is 11.8. The second kappa shape index (κ2) is 8.68. The van der Waals surface area contributed by atoms with Crippen LogP contribution in [-0.2, 0) is 11.4 Å². The first-order valence-corrected chi connectivity index (χ1v) is 8.36. The lowest BCUT2D eigenvalue weighted by molar-refractivity contribution is -0.118. The number of aromatic hydroxyl groups is 1. The molecule has 0 bridgehead atoms. The fourth-order valence-corrected chi connectivity index (χ4v) is 2.62. The summed E-state index contributed by atoms with van der Waals surface area (Å²) in [5.74, 6) is -0.176. The normalized spacial score (nSPS) is 11.0. The van der Waals surface area contributed by atoms with E-state index in [1.54, 1.807) is 19.1 Å². The van der Waals surface area contributed by atoms with Gasteiger partial charge in [0, 0.05) is 27.2 Å². The fourth-order valence-electron chi connectivity index (χ4n) is 1.80. The van der Waals surface area contributed by atoms with Crippen molar-refractivity contribution < 1.29 is 15.0 Å². The first-order valence-electron chi connectivity index (χ1n) is 7.00. The number of hydrogen-bond acceptors (Lipinski definition) is 6. The van der Waals surface area contributed by atoms with Crippen LogP contribution in [0.15, 0.2) is 40.5 Å². The lowest BCUT2D eigenvalue weighted by Crippen LogP contribution is -2.19. The highest BCUT2D eigenvalue weighted by molar-refractivity contribution is 8.00. The molecule has 0 saturated heterocycles. The molecule has 2 aromatic rings. The van der Waals surface area contributed by atoms with Gasteiger partial charge in [0.15, 0.2) is 0 Å². The van der Waals surface area contributed by atoms with Gasteiger partial charge in [-0.1, -0.05) is 11.6 Å². The van der Waals surface area contributed by atoms with Crippen LogP contribution in [0.2, 0.25) is 5.02 Å². The van der Waals surface area contributed by atoms with E-state index in [0.29, 0.717) is 21.8 Å². The smallest absolute Gasteiger partial charge is 0.250 e. The average molecular weight is 366 g/mol. The fraction of sp³-hybridized carbons (Fsp3) is 0.188. The summed E-state index contributed by atoms with van der Waals surface area (Å²) in [7, 11) is 0. The van der Waals surface area contributed by atoms with Gasteiger partial charge in [-0.3, -0.25) is 9.78 Å². The first-order chi connectivity index (χ1) is 11.5. The van der Waals surface area contributed by atoms with Gasteiger partial charge in [0.1, 0.15) is 5.75 Å². The molecule has 1 heterocycles. The number of nitrogens with one attached hydrogen (secondary N) is 1. The number of aryl methyl sites for hydroxylation is 1. The van der Waals surface area contributed by atoms with Crippen LogP contribution in [0.4, 0.5) is 0 Å². The Morgan fingerprint density at radius 3 is 2.79 bits per heavy atom. The molecule has 8 heteroatoms. The first kappa shape index (κ1) is 18.3. The Hall–Kier alpha value is -2.09. The molecule has 24 heavy (non-hydrogen) atoms. The molecule has 0 fully saturated rings. The van der Waals surface area contributed by atoms with Crippen molar-refractivity contribution in [3.05, 3.63) is 52.3 Å². The Balaban J connectivity index is 1.93. The highest BCUT2D eigenvalue weighted by Gasteiger charge is 2.09. The predicted molar refractivity (Wildman–Crippen MR) is 94.5 cm³/mol. The monoisotopic (exact) mass is 365 g/mol. The number of halogens is 1. The molecule has 6 nitrogen and oxygen atoms in total. The number of thioether (sulfide) groups is 1. The third-order valence-electron chi connectivity index (χ3n) is 3.09. The molecule has 0 saturated carbocycles. The van der Waals surface area contributed by atoms with E-state index in [2.05, 4.69) is 15.5 Å². The Labute approximate surface area is 148 Å². The number of aromatic nitrogens is 1. The summed E-state index contributed by atoms with van der Waals surface area (Å²) < 4.78 is 0. The third kappa shape index (κ3) is 4.95. The molecule has 3 N–H and O–H groups in total. The van der Waals surface area contributed by atoms with E-state index in [0.717, 1.165) is 4.90 Å². The van der Waals surface area contributed by atoms with Crippen LogP contribution in [0.25, 0.3) is 0 Å². The van der Waals surface area contributed by atoms with Gasteiger partial charge in [-0.25, -0.2) is 5.43 Å². The van der Waals surface area contributed by atoms with E-state index in [1.807, 2.05) is 12.1 Å². The van der Waals surface area contributed by atoms with Crippen LogP contribution in [0.3, 0.4) is 0 Å². The Morgan fingerprint density at radius 2 is 2.12 bits per heavy atom. The molecule has 2 rings (SSSR count). The Morgan fingerprint density at radius 1 is 1.42 bits per heavy atom. The number of pyridine rings is 1. The van der Waals surface area contributed by atoms with Gasteiger partial charge in [-0.2, -0.15) is 5.10 Å². The molecule has 0 aliphatic carbocycles. The van der Waals surface area contributed by atoms with Crippen LogP contribution in [0.5, 0.6) is 5.75 Å². The molecule has 0 aliphatic rings. The number of benzene rings is 1. The number of aliphatic hydroxyl groups is 1. The summed E-state index contributed by atoms with van der Waals surface area (Å²) in [5, 5.41) is 23.7. The van der Waals surface area contributed by atoms with Gasteiger partial charge in [0.2, 0.25) is 5.91 Å². The molecular weight excluding hydrogens is 350 g/mol. The van der Waals surface area contributed by atoms with Crippen molar-refractivity contribution >= 4 is 35.5 Å². The van der Waals surface area contributed by atoms with Gasteiger partial charge >= 0.3 is 0 Å². The van der Waals surface area contributed by atoms with Crippen molar-refractivity contribution in [3.63, 3.8) is 0 Å². The lowest BCUT2D eigenvalue weighted by Gasteiger charge is -2.07. The zero-order valence-electron chi connectivity index (χ0n) is 12.9. The van der Waals surface area contributed by atoms with Crippen LogP contribution >= 0.6 is 23.4 Å². The van der Waals surface area contributed by atoms with Gasteiger partial charge in [0.25, 0.3) is 0 Å². The molecule has 0 spiro atoms. The number of carbonyl (C=O) groups is 1. The molecule has 1 aromatic heterocycles. The van der Waals surface area contributed by atoms with Crippen molar-refractivity contribution in [2.75, 3.05) is 5.75 Å². The van der Waals surface area contributed by atoms with E-state index >= 15 is 0 Å². The second-order valence-electron chi connectivity index (χ2n) is 4.83. The number of rotatable bonds is 6. The number of amides is 1. The summed E-state index contributed by atoms with van der Waals surface area (Å²) >= 11 is 7.15. The van der Waals surface area contributed by atoms with E-state index in [4.69, 9.17) is 11.6 Å². The summed E-state index contributed by atoms with van der Waals surface area (Å²) in [6, 6.07) is 7.17. The SMILES string of the molecule is Cc1ncc(CO)c(/C=N/NC(=O)CSc2ccc(Cl)cc2)c1O. The average Bonchev–Trinajstić information content (AvgIpc) is 2.58. The van der Waals surface area contributed by atoms with E-state index in [1.165, 1.54) is 24.2 Å². The summed E-state index contributed by atoms with van der Waals surface area (Å²) in [6.07, 6.45) is 2.75. The standard InChI is InChI=1S/C16H16ClN3O3S/c1-10-16(23)14(11(8-21)6-18-10)7-19-20-15(22)9-24-13-4-2-12(17)3-5-13/h2-7,21,23H,8-9H2,1H3,(H,20,22)/b19-7+. The maximum absolute atomic E-state index is 11.8. The molecule has 0 radical (unpaired) electrons. The van der Waals surface area contributed by atoms with E-state index in [-0.39, 0.29) is 24.0 Å². The number of nitrogens with zero attached hydrogens (tertiary/aromatic N) is 2. The largest absolute Gasteiger partial charge is 0.505 e. The quantitative estimate of drug-likeness (QED) is 0.415. The molecule has 0 unspecified atom stereocenters. The number of hydrogen-bond donors (Lipinski definition) is 3. The van der Waals surface area contributed by atoms with Gasteiger partial charge in [-0.05, 0) is 31.2 Å². The Kier molecular flexibility index (Phi) is 6.60. The highest BCUT2D eigenvalue weighted by Crippen LogP contribution is 2.22. The van der Waals surface area contributed by atoms with Gasteiger partial charge in [0.05, 0.1) is 24.3 Å². The highest BCUT2D eigenvalue weighted by atomic mass is 35.5. The summed E-state index contributed by atoms with van der Waals surface area (Å²) in [6.45, 7) is 1.34. The van der Waals surface area contributed by atoms with Crippen LogP contribution in [0, 0.1) is 6.92 Å². The molecule has 0 aliphatic heterocycles. The zero-order chi connectivity index (χ0) is 17.5. The molecular formula is C16H16ClN3O3S. The minimum atomic E-state index is -0.290. The van der Waals surface area contributed by atoms with Gasteiger partial charge in [-0.15, -0.1) is 11.8 Å². The zero-order valence-corrected chi connectivity index (χ0v) is 14.4. The number of carbonyl (C=O) groups excluding carboxylic acids is 1. The van der Waals surface area contributed by atoms with Crippen LogP contribution < -0.4 is 5.43 Å². The van der Waals surface area contributed by atoms with Crippen LogP contribution in [-0.4, -0.2) is 33.1 Å². The minimum absolute atomic E-state index is 0.0740. The van der Waals surface area contributed by atoms with Crippen molar-refractivity contribution in [1.82, 2.24) is 10.4 Å². The second-order valence-corrected chi connectivity index (χ2v) is 6.31. The molecule has 1 amide bonds. The van der Waals surface area contributed by atoms with Crippen molar-refractivity contribution in [3.8, 4) is 5.75 Å². The number of aliphatic hydroxyl groups excluding tert-OH is 1. The van der Waals surface area contributed by atoms with Crippen molar-refractivity contribution in [1.29, 1.82) is 0 Å². The predicted octanol–water partition coefficient (Wildman–Crippen LogP) is 2.48. The Bertz CT molecular complexity index is 751. The third-order valence-corrected chi connectivity index (χ3v) is 4.36. The van der Waals surface area contributed by atoms with E-state index in [9.17, 15) is 15.0 Å². The number of hydrazone groups is 1. The topological polar surface area (TPSA) is 94.8 Å². The minimum Gasteiger partial charge on any atom is -0.505 e. The van der Waals surface area contributed by atoms with Crippen molar-refractivity contribution in [2.24, 2.45) is 5.10 Å². The summed E-state index contributed by atoms with van der Waals surface area (Å²) in [4.78, 5) is 16.7. The lowest BCUT2D eigenvalue weighted by atomic mass is 10.1.